The van der Waals surface area contributed by atoms with E-state index in [1.54, 1.807) is 0 Å². The minimum Gasteiger partial charge on any atom is -0.368 e. The van der Waals surface area contributed by atoms with Crippen molar-refractivity contribution >= 4 is 11.8 Å². The van der Waals surface area contributed by atoms with E-state index in [2.05, 4.69) is 36.6 Å². The molecule has 0 amide bonds. The van der Waals surface area contributed by atoms with Gasteiger partial charge in [-0.25, -0.2) is 9.97 Å². The summed E-state index contributed by atoms with van der Waals surface area (Å²) in [5.41, 5.74) is 8.98. The van der Waals surface area contributed by atoms with Crippen molar-refractivity contribution in [2.75, 3.05) is 17.7 Å². The van der Waals surface area contributed by atoms with Crippen molar-refractivity contribution in [1.29, 1.82) is 0 Å². The molecule has 24 heavy (non-hydrogen) atoms. The molecule has 0 aliphatic carbocycles. The standard InChI is InChI=1S/C18H22N6/c1-13-14(2)21-18(19)22-17(13)23(3)12-16-20-9-10-24(16)11-15-7-5-4-6-8-15/h4-10H,11-12H2,1-3H3,(H2,19,21,22). The molecule has 2 heterocycles. The molecule has 1 aromatic carbocycles. The molecule has 0 spiro atoms. The fraction of sp³-hybridized carbons (Fsp3) is 0.278. The predicted octanol–water partition coefficient (Wildman–Crippen LogP) is 2.56. The van der Waals surface area contributed by atoms with Crippen LogP contribution in [0.15, 0.2) is 42.7 Å². The minimum absolute atomic E-state index is 0.299. The summed E-state index contributed by atoms with van der Waals surface area (Å²) in [6, 6.07) is 10.4. The van der Waals surface area contributed by atoms with Crippen LogP contribution in [-0.2, 0) is 13.1 Å². The number of nitrogens with two attached hydrogens (primary N) is 1. The molecule has 0 aliphatic heterocycles. The lowest BCUT2D eigenvalue weighted by Crippen LogP contribution is -2.23. The molecule has 0 saturated carbocycles. The largest absolute Gasteiger partial charge is 0.368 e. The molecule has 0 atom stereocenters. The van der Waals surface area contributed by atoms with Gasteiger partial charge in [-0.1, -0.05) is 30.3 Å². The van der Waals surface area contributed by atoms with E-state index in [4.69, 9.17) is 5.73 Å². The highest BCUT2D eigenvalue weighted by Crippen LogP contribution is 2.21. The van der Waals surface area contributed by atoms with Gasteiger partial charge in [0.05, 0.1) is 6.54 Å². The summed E-state index contributed by atoms with van der Waals surface area (Å²) in [5.74, 6) is 2.12. The summed E-state index contributed by atoms with van der Waals surface area (Å²) in [6.45, 7) is 5.41. The highest BCUT2D eigenvalue weighted by atomic mass is 15.2. The number of anilines is 2. The van der Waals surface area contributed by atoms with Crippen molar-refractivity contribution in [3.8, 4) is 0 Å². The molecule has 0 unspecified atom stereocenters. The van der Waals surface area contributed by atoms with Gasteiger partial charge in [0.2, 0.25) is 5.95 Å². The number of hydrogen-bond acceptors (Lipinski definition) is 5. The Morgan fingerprint density at radius 3 is 2.62 bits per heavy atom. The maximum atomic E-state index is 5.80. The van der Waals surface area contributed by atoms with Crippen LogP contribution in [0.2, 0.25) is 0 Å². The molecule has 6 nitrogen and oxygen atoms in total. The van der Waals surface area contributed by atoms with E-state index in [9.17, 15) is 0 Å². The van der Waals surface area contributed by atoms with Gasteiger partial charge < -0.3 is 15.2 Å². The Bertz CT molecular complexity index is 825. The zero-order valence-electron chi connectivity index (χ0n) is 14.3. The zero-order chi connectivity index (χ0) is 17.1. The normalized spacial score (nSPS) is 10.8. The molecule has 0 saturated heterocycles. The van der Waals surface area contributed by atoms with Crippen LogP contribution in [0.1, 0.15) is 22.6 Å². The Hall–Kier alpha value is -2.89. The second kappa shape index (κ2) is 6.70. The van der Waals surface area contributed by atoms with Crippen molar-refractivity contribution in [2.45, 2.75) is 26.9 Å². The van der Waals surface area contributed by atoms with Crippen LogP contribution in [0.4, 0.5) is 11.8 Å². The van der Waals surface area contributed by atoms with Gasteiger partial charge in [0, 0.05) is 37.2 Å². The monoisotopic (exact) mass is 322 g/mol. The lowest BCUT2D eigenvalue weighted by molar-refractivity contribution is 0.702. The van der Waals surface area contributed by atoms with Crippen molar-refractivity contribution in [3.05, 3.63) is 65.4 Å². The van der Waals surface area contributed by atoms with Crippen LogP contribution in [0.3, 0.4) is 0 Å². The number of rotatable bonds is 5. The second-order valence-corrected chi connectivity index (χ2v) is 5.93. The summed E-state index contributed by atoms with van der Waals surface area (Å²) in [4.78, 5) is 15.1. The minimum atomic E-state index is 0.299. The van der Waals surface area contributed by atoms with Crippen molar-refractivity contribution in [3.63, 3.8) is 0 Å². The molecule has 0 fully saturated rings. The average Bonchev–Trinajstić information content (AvgIpc) is 2.98. The summed E-state index contributed by atoms with van der Waals surface area (Å²) in [5, 5.41) is 0. The smallest absolute Gasteiger partial charge is 0.222 e. The van der Waals surface area contributed by atoms with Crippen LogP contribution >= 0.6 is 0 Å². The second-order valence-electron chi connectivity index (χ2n) is 5.93. The predicted molar refractivity (Wildman–Crippen MR) is 95.8 cm³/mol. The van der Waals surface area contributed by atoms with Crippen LogP contribution in [0.5, 0.6) is 0 Å². The zero-order valence-corrected chi connectivity index (χ0v) is 14.3. The van der Waals surface area contributed by atoms with Crippen molar-refractivity contribution in [1.82, 2.24) is 19.5 Å². The molecule has 0 radical (unpaired) electrons. The topological polar surface area (TPSA) is 72.9 Å². The molecule has 2 N–H and O–H groups in total. The lowest BCUT2D eigenvalue weighted by Gasteiger charge is -2.21. The van der Waals surface area contributed by atoms with E-state index in [0.717, 1.165) is 29.4 Å². The van der Waals surface area contributed by atoms with Gasteiger partial charge in [0.1, 0.15) is 11.6 Å². The van der Waals surface area contributed by atoms with E-state index in [1.165, 1.54) is 5.56 Å². The highest BCUT2D eigenvalue weighted by molar-refractivity contribution is 5.50. The van der Waals surface area contributed by atoms with Gasteiger partial charge in [0.25, 0.3) is 0 Å². The first-order chi connectivity index (χ1) is 11.5. The number of aromatic nitrogens is 4. The molecular weight excluding hydrogens is 300 g/mol. The third-order valence-corrected chi connectivity index (χ3v) is 4.12. The Morgan fingerprint density at radius 2 is 1.88 bits per heavy atom. The fourth-order valence-corrected chi connectivity index (χ4v) is 2.71. The van der Waals surface area contributed by atoms with Crippen LogP contribution in [0.25, 0.3) is 0 Å². The number of nitrogens with zero attached hydrogens (tertiary/aromatic N) is 5. The van der Waals surface area contributed by atoms with E-state index in [0.29, 0.717) is 12.5 Å². The molecule has 3 aromatic rings. The maximum absolute atomic E-state index is 5.80. The van der Waals surface area contributed by atoms with E-state index < -0.39 is 0 Å². The number of hydrogen-bond donors (Lipinski definition) is 1. The Balaban J connectivity index is 1.81. The van der Waals surface area contributed by atoms with Gasteiger partial charge in [-0.2, -0.15) is 4.98 Å². The quantitative estimate of drug-likeness (QED) is 0.781. The first kappa shape index (κ1) is 16.0. The first-order valence-electron chi connectivity index (χ1n) is 7.90. The Morgan fingerprint density at radius 1 is 1.12 bits per heavy atom. The molecule has 2 aromatic heterocycles. The summed E-state index contributed by atoms with van der Waals surface area (Å²) in [7, 11) is 2.00. The molecule has 3 rings (SSSR count). The molecule has 0 bridgehead atoms. The highest BCUT2D eigenvalue weighted by Gasteiger charge is 2.14. The van der Waals surface area contributed by atoms with Gasteiger partial charge in [-0.15, -0.1) is 0 Å². The van der Waals surface area contributed by atoms with Gasteiger partial charge in [-0.05, 0) is 19.4 Å². The summed E-state index contributed by atoms with van der Waals surface area (Å²) in [6.07, 6.45) is 3.83. The third-order valence-electron chi connectivity index (χ3n) is 4.12. The van der Waals surface area contributed by atoms with E-state index >= 15 is 0 Å². The third kappa shape index (κ3) is 3.37. The summed E-state index contributed by atoms with van der Waals surface area (Å²) < 4.78 is 2.15. The Kier molecular flexibility index (Phi) is 4.46. The van der Waals surface area contributed by atoms with Crippen molar-refractivity contribution in [2.24, 2.45) is 0 Å². The van der Waals surface area contributed by atoms with Gasteiger partial charge in [-0.3, -0.25) is 0 Å². The number of imidazole rings is 1. The lowest BCUT2D eigenvalue weighted by atomic mass is 10.2. The number of benzene rings is 1. The van der Waals surface area contributed by atoms with E-state index in [1.807, 2.05) is 51.5 Å². The molecular formula is C18H22N6. The molecule has 0 aliphatic rings. The van der Waals surface area contributed by atoms with Gasteiger partial charge in [0.15, 0.2) is 0 Å². The van der Waals surface area contributed by atoms with Crippen LogP contribution in [0, 0.1) is 13.8 Å². The van der Waals surface area contributed by atoms with Gasteiger partial charge >= 0.3 is 0 Å². The molecule has 124 valence electrons. The number of aryl methyl sites for hydroxylation is 1. The van der Waals surface area contributed by atoms with E-state index in [-0.39, 0.29) is 0 Å². The van der Waals surface area contributed by atoms with Crippen LogP contribution in [-0.4, -0.2) is 26.6 Å². The number of nitrogen functional groups attached to an aromatic ring is 1. The average molecular weight is 322 g/mol. The molecule has 6 heteroatoms. The van der Waals surface area contributed by atoms with Crippen LogP contribution < -0.4 is 10.6 Å². The Labute approximate surface area is 142 Å². The summed E-state index contributed by atoms with van der Waals surface area (Å²) >= 11 is 0. The maximum Gasteiger partial charge on any atom is 0.222 e. The van der Waals surface area contributed by atoms with Crippen molar-refractivity contribution < 1.29 is 0 Å². The fourth-order valence-electron chi connectivity index (χ4n) is 2.71. The SMILES string of the molecule is Cc1nc(N)nc(N(C)Cc2nccn2Cc2ccccc2)c1C. The first-order valence-corrected chi connectivity index (χ1v) is 7.90.